The summed E-state index contributed by atoms with van der Waals surface area (Å²) in [5.74, 6) is 0.556. The molecular weight excluding hydrogens is 258 g/mol. The van der Waals surface area contributed by atoms with Gasteiger partial charge in [0.25, 0.3) is 0 Å². The molecule has 1 aromatic carbocycles. The van der Waals surface area contributed by atoms with Crippen molar-refractivity contribution in [2.75, 3.05) is 26.1 Å². The smallest absolute Gasteiger partial charge is 0.354 e. The van der Waals surface area contributed by atoms with E-state index in [1.807, 2.05) is 0 Å². The Kier molecular flexibility index (Phi) is 3.84. The van der Waals surface area contributed by atoms with E-state index >= 15 is 0 Å². The van der Waals surface area contributed by atoms with E-state index in [-0.39, 0.29) is 5.69 Å². The first-order valence-corrected chi connectivity index (χ1v) is 5.95. The van der Waals surface area contributed by atoms with E-state index in [9.17, 15) is 4.79 Å². The molecule has 0 amide bonds. The number of ether oxygens (including phenoxy) is 1. The standard InChI is InChI=1S/C14H15N3O3/c1-17(2)12-8-11(14(18)19)15-13(16-12)9-4-6-10(20-3)7-5-9/h4-8H,1-3H3,(H,18,19). The molecular formula is C14H15N3O3. The van der Waals surface area contributed by atoms with Crippen molar-refractivity contribution in [3.8, 4) is 17.1 Å². The van der Waals surface area contributed by atoms with Gasteiger partial charge in [-0.2, -0.15) is 0 Å². The van der Waals surface area contributed by atoms with Crippen LogP contribution in [-0.2, 0) is 0 Å². The van der Waals surface area contributed by atoms with Gasteiger partial charge in [-0.25, -0.2) is 14.8 Å². The lowest BCUT2D eigenvalue weighted by atomic mass is 10.2. The lowest BCUT2D eigenvalue weighted by Crippen LogP contribution is -2.14. The maximum atomic E-state index is 11.1. The number of hydrogen-bond donors (Lipinski definition) is 1. The predicted molar refractivity (Wildman–Crippen MR) is 75.3 cm³/mol. The Labute approximate surface area is 116 Å². The van der Waals surface area contributed by atoms with Gasteiger partial charge in [-0.15, -0.1) is 0 Å². The van der Waals surface area contributed by atoms with Crippen LogP contribution in [0.5, 0.6) is 5.75 Å². The average Bonchev–Trinajstić information content (AvgIpc) is 2.46. The summed E-state index contributed by atoms with van der Waals surface area (Å²) in [6, 6.07) is 8.58. The quantitative estimate of drug-likeness (QED) is 0.917. The molecule has 0 spiro atoms. The molecule has 2 aromatic rings. The molecule has 1 N–H and O–H groups in total. The number of anilines is 1. The van der Waals surface area contributed by atoms with Crippen molar-refractivity contribution < 1.29 is 14.6 Å². The van der Waals surface area contributed by atoms with Crippen LogP contribution in [0.1, 0.15) is 10.5 Å². The van der Waals surface area contributed by atoms with Crippen molar-refractivity contribution in [3.63, 3.8) is 0 Å². The van der Waals surface area contributed by atoms with Crippen molar-refractivity contribution in [3.05, 3.63) is 36.0 Å². The fourth-order valence-electron chi connectivity index (χ4n) is 1.64. The fourth-order valence-corrected chi connectivity index (χ4v) is 1.64. The summed E-state index contributed by atoms with van der Waals surface area (Å²) in [4.78, 5) is 21.3. The molecule has 0 aliphatic rings. The SMILES string of the molecule is COc1ccc(-c2nc(C(=O)O)cc(N(C)C)n2)cc1. The van der Waals surface area contributed by atoms with Crippen LogP contribution in [0.3, 0.4) is 0 Å². The first-order chi connectivity index (χ1) is 9.51. The molecule has 0 radical (unpaired) electrons. The first kappa shape index (κ1) is 13.8. The Bertz CT molecular complexity index is 624. The molecule has 1 aromatic heterocycles. The van der Waals surface area contributed by atoms with Crippen LogP contribution in [0.4, 0.5) is 5.82 Å². The van der Waals surface area contributed by atoms with Gasteiger partial charge in [0.05, 0.1) is 7.11 Å². The zero-order valence-electron chi connectivity index (χ0n) is 11.5. The predicted octanol–water partition coefficient (Wildman–Crippen LogP) is 1.92. The monoisotopic (exact) mass is 273 g/mol. The van der Waals surface area contributed by atoms with E-state index in [0.29, 0.717) is 11.6 Å². The molecule has 1 heterocycles. The van der Waals surface area contributed by atoms with E-state index < -0.39 is 5.97 Å². The van der Waals surface area contributed by atoms with Crippen LogP contribution < -0.4 is 9.64 Å². The molecule has 0 unspecified atom stereocenters. The Morgan fingerprint density at radius 1 is 1.20 bits per heavy atom. The van der Waals surface area contributed by atoms with Gasteiger partial charge < -0.3 is 14.7 Å². The highest BCUT2D eigenvalue weighted by atomic mass is 16.5. The normalized spacial score (nSPS) is 10.2. The third-order valence-electron chi connectivity index (χ3n) is 2.74. The molecule has 6 heteroatoms. The van der Waals surface area contributed by atoms with Gasteiger partial charge in [0.2, 0.25) is 0 Å². The minimum atomic E-state index is -1.08. The molecule has 20 heavy (non-hydrogen) atoms. The Hall–Kier alpha value is -2.63. The largest absolute Gasteiger partial charge is 0.497 e. The van der Waals surface area contributed by atoms with Crippen molar-refractivity contribution in [2.24, 2.45) is 0 Å². The topological polar surface area (TPSA) is 75.6 Å². The lowest BCUT2D eigenvalue weighted by Gasteiger charge is -2.13. The molecule has 0 saturated carbocycles. The number of carboxylic acid groups (broad SMARTS) is 1. The molecule has 0 aliphatic carbocycles. The zero-order valence-corrected chi connectivity index (χ0v) is 11.5. The summed E-state index contributed by atoms with van der Waals surface area (Å²) in [5, 5.41) is 9.12. The van der Waals surface area contributed by atoms with Crippen LogP contribution in [0, 0.1) is 0 Å². The van der Waals surface area contributed by atoms with Gasteiger partial charge in [0.15, 0.2) is 11.5 Å². The van der Waals surface area contributed by atoms with Crippen LogP contribution >= 0.6 is 0 Å². The Morgan fingerprint density at radius 3 is 2.35 bits per heavy atom. The minimum Gasteiger partial charge on any atom is -0.497 e. The molecule has 0 fully saturated rings. The molecule has 0 aliphatic heterocycles. The number of rotatable bonds is 4. The van der Waals surface area contributed by atoms with Crippen LogP contribution in [0.15, 0.2) is 30.3 Å². The van der Waals surface area contributed by atoms with Crippen molar-refractivity contribution in [1.82, 2.24) is 9.97 Å². The van der Waals surface area contributed by atoms with Crippen LogP contribution in [0.2, 0.25) is 0 Å². The molecule has 0 saturated heterocycles. The molecule has 104 valence electrons. The minimum absolute atomic E-state index is 0.0329. The Morgan fingerprint density at radius 2 is 1.85 bits per heavy atom. The maximum Gasteiger partial charge on any atom is 0.354 e. The third kappa shape index (κ3) is 2.85. The number of carbonyl (C=O) groups is 1. The summed E-state index contributed by atoms with van der Waals surface area (Å²) < 4.78 is 5.09. The maximum absolute atomic E-state index is 11.1. The summed E-state index contributed by atoms with van der Waals surface area (Å²) in [7, 11) is 5.18. The van der Waals surface area contributed by atoms with E-state index in [4.69, 9.17) is 9.84 Å². The number of benzene rings is 1. The van der Waals surface area contributed by atoms with Gasteiger partial charge >= 0.3 is 5.97 Å². The number of aromatic nitrogens is 2. The molecule has 0 atom stereocenters. The third-order valence-corrected chi connectivity index (χ3v) is 2.74. The average molecular weight is 273 g/mol. The highest BCUT2D eigenvalue weighted by Gasteiger charge is 2.12. The number of methoxy groups -OCH3 is 1. The van der Waals surface area contributed by atoms with Gasteiger partial charge in [0.1, 0.15) is 11.6 Å². The van der Waals surface area contributed by atoms with Gasteiger partial charge in [-0.3, -0.25) is 0 Å². The summed E-state index contributed by atoms with van der Waals surface area (Å²) in [6.45, 7) is 0. The van der Waals surface area contributed by atoms with Crippen LogP contribution in [0.25, 0.3) is 11.4 Å². The highest BCUT2D eigenvalue weighted by molar-refractivity contribution is 5.87. The fraction of sp³-hybridized carbons (Fsp3) is 0.214. The van der Waals surface area contributed by atoms with E-state index in [1.165, 1.54) is 6.07 Å². The summed E-state index contributed by atoms with van der Waals surface area (Å²) in [6.07, 6.45) is 0. The molecule has 0 bridgehead atoms. The number of aromatic carboxylic acids is 1. The lowest BCUT2D eigenvalue weighted by molar-refractivity contribution is 0.0690. The molecule has 6 nitrogen and oxygen atoms in total. The summed E-state index contributed by atoms with van der Waals surface area (Å²) >= 11 is 0. The number of carboxylic acids is 1. The van der Waals surface area contributed by atoms with Gasteiger partial charge in [-0.05, 0) is 24.3 Å². The van der Waals surface area contributed by atoms with Crippen LogP contribution in [-0.4, -0.2) is 42.2 Å². The van der Waals surface area contributed by atoms with Crippen molar-refractivity contribution in [1.29, 1.82) is 0 Å². The second-order valence-corrected chi connectivity index (χ2v) is 4.36. The Balaban J connectivity index is 2.51. The van der Waals surface area contributed by atoms with Gasteiger partial charge in [0, 0.05) is 25.7 Å². The van der Waals surface area contributed by atoms with Gasteiger partial charge in [-0.1, -0.05) is 0 Å². The zero-order chi connectivity index (χ0) is 14.7. The second kappa shape index (κ2) is 5.56. The number of nitrogens with zero attached hydrogens (tertiary/aromatic N) is 3. The highest BCUT2D eigenvalue weighted by Crippen LogP contribution is 2.22. The second-order valence-electron chi connectivity index (χ2n) is 4.36. The number of hydrogen-bond acceptors (Lipinski definition) is 5. The van der Waals surface area contributed by atoms with E-state index in [0.717, 1.165) is 11.3 Å². The van der Waals surface area contributed by atoms with E-state index in [2.05, 4.69) is 9.97 Å². The molecule has 2 rings (SSSR count). The van der Waals surface area contributed by atoms with Crippen molar-refractivity contribution >= 4 is 11.8 Å². The summed E-state index contributed by atoms with van der Waals surface area (Å²) in [5.41, 5.74) is 0.700. The first-order valence-electron chi connectivity index (χ1n) is 5.95. The van der Waals surface area contributed by atoms with E-state index in [1.54, 1.807) is 50.4 Å². The van der Waals surface area contributed by atoms with Crippen molar-refractivity contribution in [2.45, 2.75) is 0 Å².